The van der Waals surface area contributed by atoms with E-state index in [1.54, 1.807) is 39.2 Å². The molecule has 0 amide bonds. The summed E-state index contributed by atoms with van der Waals surface area (Å²) in [4.78, 5) is 13.8. The molecular weight excluding hydrogens is 477 g/mol. The van der Waals surface area contributed by atoms with Crippen LogP contribution in [0.15, 0.2) is 51.7 Å². The average molecular weight is 500 g/mol. The Kier molecular flexibility index (Phi) is 5.40. The monoisotopic (exact) mass is 499 g/mol. The highest BCUT2D eigenvalue weighted by Crippen LogP contribution is 2.37. The van der Waals surface area contributed by atoms with E-state index in [1.807, 2.05) is 29.7 Å². The van der Waals surface area contributed by atoms with Gasteiger partial charge < -0.3 is 13.7 Å². The van der Waals surface area contributed by atoms with Gasteiger partial charge in [0.25, 0.3) is 11.9 Å². The molecule has 5 aromatic heterocycles. The summed E-state index contributed by atoms with van der Waals surface area (Å²) >= 11 is 0. The van der Waals surface area contributed by atoms with E-state index in [4.69, 9.17) is 13.7 Å². The summed E-state index contributed by atoms with van der Waals surface area (Å²) in [5.74, 6) is 0.879. The van der Waals surface area contributed by atoms with E-state index in [0.717, 1.165) is 5.69 Å². The molecule has 10 nitrogen and oxygen atoms in total. The van der Waals surface area contributed by atoms with Crippen LogP contribution in [0.5, 0.6) is 6.01 Å². The molecule has 0 bridgehead atoms. The van der Waals surface area contributed by atoms with Gasteiger partial charge in [-0.1, -0.05) is 11.2 Å². The minimum absolute atomic E-state index is 0.0228. The van der Waals surface area contributed by atoms with Crippen molar-refractivity contribution in [3.8, 4) is 17.1 Å². The molecule has 0 aliphatic carbocycles. The van der Waals surface area contributed by atoms with Crippen LogP contribution >= 0.6 is 0 Å². The van der Waals surface area contributed by atoms with E-state index in [2.05, 4.69) is 30.3 Å². The Morgan fingerprint density at radius 2 is 1.95 bits per heavy atom. The molecule has 6 rings (SSSR count). The maximum absolute atomic E-state index is 15.6. The van der Waals surface area contributed by atoms with Gasteiger partial charge in [0.2, 0.25) is 5.89 Å². The fourth-order valence-corrected chi connectivity index (χ4v) is 4.57. The SMILES string of the molecule is Cc1nnc(COc2nc3cnc4cc(-c5c(C)noc5C)c(F)cc4c3n2[C@H](C)c2ccccn2)o1. The van der Waals surface area contributed by atoms with Crippen LogP contribution < -0.4 is 4.74 Å². The molecule has 37 heavy (non-hydrogen) atoms. The molecule has 1 aromatic carbocycles. The van der Waals surface area contributed by atoms with Crippen molar-refractivity contribution >= 4 is 21.9 Å². The third kappa shape index (κ3) is 3.88. The van der Waals surface area contributed by atoms with Gasteiger partial charge >= 0.3 is 0 Å². The molecule has 0 spiro atoms. The summed E-state index contributed by atoms with van der Waals surface area (Å²) in [7, 11) is 0. The lowest BCUT2D eigenvalue weighted by molar-refractivity contribution is 0.230. The maximum Gasteiger partial charge on any atom is 0.298 e. The van der Waals surface area contributed by atoms with Gasteiger partial charge in [-0.3, -0.25) is 14.5 Å². The number of imidazole rings is 1. The fraction of sp³-hybridized carbons (Fsp3) is 0.231. The first kappa shape index (κ1) is 22.8. The first-order chi connectivity index (χ1) is 17.9. The molecule has 0 aliphatic heterocycles. The Balaban J connectivity index is 1.55. The zero-order valence-electron chi connectivity index (χ0n) is 20.6. The molecule has 0 N–H and O–H groups in total. The quantitative estimate of drug-likeness (QED) is 0.302. The van der Waals surface area contributed by atoms with Gasteiger partial charge in [0, 0.05) is 24.1 Å². The summed E-state index contributed by atoms with van der Waals surface area (Å²) in [6.45, 7) is 7.25. The van der Waals surface area contributed by atoms with Crippen molar-refractivity contribution in [2.24, 2.45) is 0 Å². The van der Waals surface area contributed by atoms with E-state index < -0.39 is 5.82 Å². The van der Waals surface area contributed by atoms with E-state index in [9.17, 15) is 0 Å². The molecule has 11 heteroatoms. The van der Waals surface area contributed by atoms with Gasteiger partial charge in [-0.05, 0) is 45.0 Å². The van der Waals surface area contributed by atoms with E-state index in [0.29, 0.717) is 62.3 Å². The van der Waals surface area contributed by atoms with Gasteiger partial charge in [0.1, 0.15) is 17.1 Å². The second-order valence-corrected chi connectivity index (χ2v) is 8.74. The number of hydrogen-bond acceptors (Lipinski definition) is 9. The predicted octanol–water partition coefficient (Wildman–Crippen LogP) is 5.27. The van der Waals surface area contributed by atoms with Crippen molar-refractivity contribution in [1.82, 2.24) is 34.9 Å². The van der Waals surface area contributed by atoms with Crippen LogP contribution in [0, 0.1) is 26.6 Å². The van der Waals surface area contributed by atoms with Crippen LogP contribution in [0.2, 0.25) is 0 Å². The molecule has 5 heterocycles. The molecule has 1 atom stereocenters. The normalized spacial score (nSPS) is 12.5. The first-order valence-corrected chi connectivity index (χ1v) is 11.7. The summed E-state index contributed by atoms with van der Waals surface area (Å²) in [6, 6.07) is 8.87. The second kappa shape index (κ2) is 8.77. The van der Waals surface area contributed by atoms with Crippen molar-refractivity contribution in [1.29, 1.82) is 0 Å². The van der Waals surface area contributed by atoms with E-state index >= 15 is 4.39 Å². The minimum Gasteiger partial charge on any atom is -0.455 e. The highest BCUT2D eigenvalue weighted by atomic mass is 19.1. The number of nitrogens with zero attached hydrogens (tertiary/aromatic N) is 7. The summed E-state index contributed by atoms with van der Waals surface area (Å²) in [5.41, 5.74) is 4.21. The zero-order valence-corrected chi connectivity index (χ0v) is 20.6. The summed E-state index contributed by atoms with van der Waals surface area (Å²) in [5, 5.41) is 12.4. The van der Waals surface area contributed by atoms with Crippen molar-refractivity contribution in [2.75, 3.05) is 0 Å². The van der Waals surface area contributed by atoms with Crippen LogP contribution in [0.4, 0.5) is 4.39 Å². The van der Waals surface area contributed by atoms with Crippen LogP contribution in [0.3, 0.4) is 0 Å². The lowest BCUT2D eigenvalue weighted by Crippen LogP contribution is -2.11. The number of aromatic nitrogens is 7. The molecule has 0 radical (unpaired) electrons. The van der Waals surface area contributed by atoms with Gasteiger partial charge in [0.15, 0.2) is 6.61 Å². The van der Waals surface area contributed by atoms with Gasteiger partial charge in [-0.15, -0.1) is 10.2 Å². The number of ether oxygens (including phenoxy) is 1. The highest BCUT2D eigenvalue weighted by Gasteiger charge is 2.24. The van der Waals surface area contributed by atoms with Crippen LogP contribution in [-0.2, 0) is 6.61 Å². The van der Waals surface area contributed by atoms with E-state index in [1.165, 1.54) is 6.07 Å². The Morgan fingerprint density at radius 1 is 1.08 bits per heavy atom. The topological polar surface area (TPSA) is 118 Å². The lowest BCUT2D eigenvalue weighted by Gasteiger charge is -2.17. The summed E-state index contributed by atoms with van der Waals surface area (Å²) in [6.07, 6.45) is 3.37. The van der Waals surface area contributed by atoms with Crippen molar-refractivity contribution in [3.63, 3.8) is 0 Å². The smallest absolute Gasteiger partial charge is 0.298 e. The van der Waals surface area contributed by atoms with Crippen LogP contribution in [-0.4, -0.2) is 34.9 Å². The second-order valence-electron chi connectivity index (χ2n) is 8.74. The Bertz CT molecular complexity index is 1740. The van der Waals surface area contributed by atoms with Crippen molar-refractivity contribution in [3.05, 3.63) is 77.5 Å². The first-order valence-electron chi connectivity index (χ1n) is 11.7. The molecule has 0 fully saturated rings. The van der Waals surface area contributed by atoms with Crippen LogP contribution in [0.25, 0.3) is 33.1 Å². The molecule has 0 aliphatic rings. The standard InChI is InChI=1S/C26H22FN7O3/c1-13-24(15(3)37-33-13)17-10-21-18(9-19(17)27)25-22(11-29-21)30-26(35-12-23-32-31-16(4)36-23)34(25)14(2)20-7-5-6-8-28-20/h5-11,14H,12H2,1-4H3/t14-/m1/s1. The molecule has 0 saturated carbocycles. The molecule has 0 unspecified atom stereocenters. The Labute approximate surface area is 210 Å². The van der Waals surface area contributed by atoms with Gasteiger partial charge in [-0.25, -0.2) is 4.39 Å². The minimum atomic E-state index is -0.418. The molecule has 186 valence electrons. The molecule has 0 saturated heterocycles. The maximum atomic E-state index is 15.6. The van der Waals surface area contributed by atoms with Crippen molar-refractivity contribution in [2.45, 2.75) is 40.3 Å². The highest BCUT2D eigenvalue weighted by molar-refractivity contribution is 6.04. The van der Waals surface area contributed by atoms with Gasteiger partial charge in [0.05, 0.1) is 40.2 Å². The molecular formula is C26H22FN7O3. The van der Waals surface area contributed by atoms with E-state index in [-0.39, 0.29) is 12.6 Å². The third-order valence-electron chi connectivity index (χ3n) is 6.27. The third-order valence-corrected chi connectivity index (χ3v) is 6.27. The number of aryl methyl sites for hydroxylation is 3. The number of rotatable bonds is 6. The Hall–Kier alpha value is -4.67. The predicted molar refractivity (Wildman–Crippen MR) is 131 cm³/mol. The fourth-order valence-electron chi connectivity index (χ4n) is 4.57. The molecule has 6 aromatic rings. The van der Waals surface area contributed by atoms with Gasteiger partial charge in [-0.2, -0.15) is 4.98 Å². The summed E-state index contributed by atoms with van der Waals surface area (Å²) < 4.78 is 34.2. The average Bonchev–Trinajstić information content (AvgIpc) is 3.59. The number of hydrogen-bond donors (Lipinski definition) is 0. The largest absolute Gasteiger partial charge is 0.455 e. The number of pyridine rings is 2. The zero-order chi connectivity index (χ0) is 25.7. The number of benzene rings is 1. The van der Waals surface area contributed by atoms with Crippen LogP contribution in [0.1, 0.15) is 41.9 Å². The lowest BCUT2D eigenvalue weighted by atomic mass is 10.0. The number of fused-ring (bicyclic) bond motifs is 3. The van der Waals surface area contributed by atoms with Crippen molar-refractivity contribution < 1.29 is 18.1 Å². The number of halogens is 1. The Morgan fingerprint density at radius 3 is 2.65 bits per heavy atom.